The average molecular weight is 261 g/mol. The third-order valence-corrected chi connectivity index (χ3v) is 3.90. The molecule has 1 aromatic carbocycles. The van der Waals surface area contributed by atoms with E-state index in [4.69, 9.17) is 4.74 Å². The van der Waals surface area contributed by atoms with Crippen molar-refractivity contribution in [3.8, 4) is 5.75 Å². The second-order valence-electron chi connectivity index (χ2n) is 6.04. The lowest BCUT2D eigenvalue weighted by atomic mass is 10.1. The summed E-state index contributed by atoms with van der Waals surface area (Å²) in [6.45, 7) is 10.5. The maximum atomic E-state index is 5.99. The third kappa shape index (κ3) is 4.24. The summed E-state index contributed by atoms with van der Waals surface area (Å²) in [7, 11) is 0. The number of aryl methyl sites for hydroxylation is 2. The van der Waals surface area contributed by atoms with Crippen LogP contribution in [0.25, 0.3) is 0 Å². The van der Waals surface area contributed by atoms with E-state index in [-0.39, 0.29) is 0 Å². The van der Waals surface area contributed by atoms with Crippen LogP contribution < -0.4 is 10.1 Å². The van der Waals surface area contributed by atoms with E-state index in [0.717, 1.165) is 24.9 Å². The van der Waals surface area contributed by atoms with Crippen molar-refractivity contribution in [3.05, 3.63) is 28.8 Å². The van der Waals surface area contributed by atoms with Gasteiger partial charge < -0.3 is 10.1 Å². The van der Waals surface area contributed by atoms with Gasteiger partial charge in [0.1, 0.15) is 5.75 Å². The molecule has 1 aromatic rings. The van der Waals surface area contributed by atoms with Crippen LogP contribution in [0.3, 0.4) is 0 Å². The minimum Gasteiger partial charge on any atom is -0.493 e. The van der Waals surface area contributed by atoms with Crippen LogP contribution in [0.5, 0.6) is 5.75 Å². The molecule has 19 heavy (non-hydrogen) atoms. The first-order chi connectivity index (χ1) is 9.10. The summed E-state index contributed by atoms with van der Waals surface area (Å²) < 4.78 is 5.99. The first-order valence-electron chi connectivity index (χ1n) is 7.56. The molecule has 2 nitrogen and oxygen atoms in total. The van der Waals surface area contributed by atoms with Gasteiger partial charge in [-0.1, -0.05) is 32.4 Å². The minimum absolute atomic E-state index is 0.620. The number of benzene rings is 1. The summed E-state index contributed by atoms with van der Waals surface area (Å²) in [4.78, 5) is 0. The molecule has 0 radical (unpaired) electrons. The summed E-state index contributed by atoms with van der Waals surface area (Å²) in [5.74, 6) is 1.70. The van der Waals surface area contributed by atoms with Crippen molar-refractivity contribution in [2.45, 2.75) is 59.5 Å². The first kappa shape index (κ1) is 14.4. The van der Waals surface area contributed by atoms with Crippen molar-refractivity contribution in [2.75, 3.05) is 6.61 Å². The number of hydrogen-bond acceptors (Lipinski definition) is 2. The third-order valence-electron chi connectivity index (χ3n) is 3.90. The molecule has 0 aromatic heterocycles. The molecule has 0 amide bonds. The maximum Gasteiger partial charge on any atom is 0.125 e. The Labute approximate surface area is 117 Å². The second-order valence-corrected chi connectivity index (χ2v) is 6.04. The van der Waals surface area contributed by atoms with E-state index in [1.165, 1.54) is 36.0 Å². The van der Waals surface area contributed by atoms with Gasteiger partial charge in [0.25, 0.3) is 0 Å². The highest BCUT2D eigenvalue weighted by molar-refractivity contribution is 5.43. The normalized spacial score (nSPS) is 16.4. The minimum atomic E-state index is 0.620. The molecule has 1 aliphatic rings. The summed E-state index contributed by atoms with van der Waals surface area (Å²) >= 11 is 0. The van der Waals surface area contributed by atoms with Gasteiger partial charge >= 0.3 is 0 Å². The van der Waals surface area contributed by atoms with Crippen LogP contribution in [0.1, 0.15) is 49.8 Å². The largest absolute Gasteiger partial charge is 0.493 e. The molecule has 2 rings (SSSR count). The van der Waals surface area contributed by atoms with Crippen molar-refractivity contribution in [2.24, 2.45) is 5.92 Å². The zero-order chi connectivity index (χ0) is 13.8. The molecule has 1 fully saturated rings. The Balaban J connectivity index is 1.98. The van der Waals surface area contributed by atoms with Gasteiger partial charge in [0.15, 0.2) is 0 Å². The van der Waals surface area contributed by atoms with E-state index >= 15 is 0 Å². The molecule has 106 valence electrons. The van der Waals surface area contributed by atoms with Crippen molar-refractivity contribution < 1.29 is 4.74 Å². The molecule has 0 saturated heterocycles. The molecule has 1 atom stereocenters. The van der Waals surface area contributed by atoms with Crippen LogP contribution in [0, 0.1) is 19.8 Å². The summed E-state index contributed by atoms with van der Waals surface area (Å²) in [5.41, 5.74) is 3.89. The number of ether oxygens (including phenoxy) is 1. The predicted octanol–water partition coefficient (Wildman–Crippen LogP) is 3.98. The van der Waals surface area contributed by atoms with Gasteiger partial charge in [-0.2, -0.15) is 0 Å². The van der Waals surface area contributed by atoms with Crippen LogP contribution in [0.2, 0.25) is 0 Å². The fourth-order valence-corrected chi connectivity index (χ4v) is 2.26. The Hall–Kier alpha value is -1.02. The molecule has 0 aliphatic heterocycles. The molecule has 1 aliphatic carbocycles. The fourth-order valence-electron chi connectivity index (χ4n) is 2.26. The summed E-state index contributed by atoms with van der Waals surface area (Å²) in [6, 6.07) is 5.28. The lowest BCUT2D eigenvalue weighted by Gasteiger charge is -2.16. The van der Waals surface area contributed by atoms with E-state index in [0.29, 0.717) is 5.92 Å². The van der Waals surface area contributed by atoms with Crippen LogP contribution in [-0.2, 0) is 6.54 Å². The zero-order valence-electron chi connectivity index (χ0n) is 12.8. The number of hydrogen-bond donors (Lipinski definition) is 1. The summed E-state index contributed by atoms with van der Waals surface area (Å²) in [5, 5.41) is 3.57. The monoisotopic (exact) mass is 261 g/mol. The van der Waals surface area contributed by atoms with E-state index < -0.39 is 0 Å². The number of rotatable bonds is 7. The topological polar surface area (TPSA) is 21.3 Å². The molecule has 1 saturated carbocycles. The molecular formula is C17H27NO. The van der Waals surface area contributed by atoms with Crippen molar-refractivity contribution in [1.29, 1.82) is 0 Å². The maximum absolute atomic E-state index is 5.99. The highest BCUT2D eigenvalue weighted by atomic mass is 16.5. The second kappa shape index (κ2) is 6.42. The molecule has 1 N–H and O–H groups in total. The lowest BCUT2D eigenvalue weighted by Crippen LogP contribution is -2.16. The molecule has 0 spiro atoms. The highest BCUT2D eigenvalue weighted by Crippen LogP contribution is 2.26. The van der Waals surface area contributed by atoms with Gasteiger partial charge in [0, 0.05) is 12.6 Å². The Morgan fingerprint density at radius 3 is 2.42 bits per heavy atom. The highest BCUT2D eigenvalue weighted by Gasteiger charge is 2.20. The zero-order valence-corrected chi connectivity index (χ0v) is 12.8. The van der Waals surface area contributed by atoms with E-state index in [1.54, 1.807) is 0 Å². The van der Waals surface area contributed by atoms with E-state index in [1.807, 2.05) is 0 Å². The van der Waals surface area contributed by atoms with Crippen molar-refractivity contribution >= 4 is 0 Å². The van der Waals surface area contributed by atoms with Crippen molar-refractivity contribution in [3.63, 3.8) is 0 Å². The predicted molar refractivity (Wildman–Crippen MR) is 80.7 cm³/mol. The van der Waals surface area contributed by atoms with E-state index in [9.17, 15) is 0 Å². The molecule has 0 heterocycles. The standard InChI is InChI=1S/C17H27NO/c1-5-12(2)11-19-17-13(3)8-15(9-14(17)4)10-18-16-6-7-16/h8-9,12,16,18H,5-7,10-11H2,1-4H3. The quantitative estimate of drug-likeness (QED) is 0.801. The molecule has 0 bridgehead atoms. The Bertz CT molecular complexity index is 400. The van der Waals surface area contributed by atoms with Crippen LogP contribution in [0.4, 0.5) is 0 Å². The van der Waals surface area contributed by atoms with Crippen LogP contribution in [-0.4, -0.2) is 12.6 Å². The summed E-state index contributed by atoms with van der Waals surface area (Å²) in [6.07, 6.45) is 3.85. The Morgan fingerprint density at radius 1 is 1.26 bits per heavy atom. The van der Waals surface area contributed by atoms with E-state index in [2.05, 4.69) is 45.1 Å². The molecular weight excluding hydrogens is 234 g/mol. The van der Waals surface area contributed by atoms with Crippen LogP contribution >= 0.6 is 0 Å². The lowest BCUT2D eigenvalue weighted by molar-refractivity contribution is 0.253. The van der Waals surface area contributed by atoms with Gasteiger partial charge in [-0.05, 0) is 49.3 Å². The van der Waals surface area contributed by atoms with Gasteiger partial charge in [-0.25, -0.2) is 0 Å². The molecule has 2 heteroatoms. The average Bonchev–Trinajstić information content (AvgIpc) is 3.19. The van der Waals surface area contributed by atoms with Gasteiger partial charge in [0.2, 0.25) is 0 Å². The Morgan fingerprint density at radius 2 is 1.89 bits per heavy atom. The fraction of sp³-hybridized carbons (Fsp3) is 0.647. The van der Waals surface area contributed by atoms with Gasteiger partial charge in [-0.15, -0.1) is 0 Å². The first-order valence-corrected chi connectivity index (χ1v) is 7.56. The van der Waals surface area contributed by atoms with Gasteiger partial charge in [0.05, 0.1) is 6.61 Å². The van der Waals surface area contributed by atoms with Crippen molar-refractivity contribution in [1.82, 2.24) is 5.32 Å². The molecule has 1 unspecified atom stereocenters. The smallest absolute Gasteiger partial charge is 0.125 e. The Kier molecular flexibility index (Phi) is 4.87. The SMILES string of the molecule is CCC(C)COc1c(C)cc(CNC2CC2)cc1C. The number of nitrogens with one attached hydrogen (secondary N) is 1. The van der Waals surface area contributed by atoms with Crippen LogP contribution in [0.15, 0.2) is 12.1 Å². The van der Waals surface area contributed by atoms with Gasteiger partial charge in [-0.3, -0.25) is 0 Å².